The van der Waals surface area contributed by atoms with Crippen LogP contribution >= 0.6 is 11.3 Å². The zero-order valence-electron chi connectivity index (χ0n) is 12.2. The van der Waals surface area contributed by atoms with E-state index in [1.807, 2.05) is 29.4 Å². The third kappa shape index (κ3) is 2.86. The van der Waals surface area contributed by atoms with Gasteiger partial charge in [-0.15, -0.1) is 11.3 Å². The molecule has 0 amide bonds. The molecule has 6 heteroatoms. The molecule has 1 saturated heterocycles. The van der Waals surface area contributed by atoms with Crippen LogP contribution in [-0.4, -0.2) is 22.4 Å². The van der Waals surface area contributed by atoms with Crippen molar-refractivity contribution >= 4 is 11.3 Å². The molecule has 0 saturated carbocycles. The molecule has 0 aliphatic carbocycles. The van der Waals surface area contributed by atoms with Gasteiger partial charge >= 0.3 is 0 Å². The van der Waals surface area contributed by atoms with Crippen LogP contribution in [0.1, 0.15) is 34.2 Å². The topological polar surface area (TPSA) is 62.9 Å². The Labute approximate surface area is 128 Å². The van der Waals surface area contributed by atoms with Gasteiger partial charge in [-0.25, -0.2) is 0 Å². The van der Waals surface area contributed by atoms with Gasteiger partial charge in [0.15, 0.2) is 0 Å². The van der Waals surface area contributed by atoms with E-state index in [9.17, 15) is 0 Å². The first-order chi connectivity index (χ1) is 10.2. The molecule has 1 N–H and O–H groups in total. The van der Waals surface area contributed by atoms with Crippen LogP contribution < -0.4 is 5.32 Å². The predicted octanol–water partition coefficient (Wildman–Crippen LogP) is 2.28. The molecule has 0 unspecified atom stereocenters. The van der Waals surface area contributed by atoms with E-state index in [4.69, 9.17) is 10.00 Å². The smallest absolute Gasteiger partial charge is 0.101 e. The molecule has 2 atom stereocenters. The number of aryl methyl sites for hydroxylation is 1. The number of hydrogen-bond acceptors (Lipinski definition) is 5. The molecule has 2 aromatic heterocycles. The lowest BCUT2D eigenvalue weighted by Crippen LogP contribution is -2.31. The van der Waals surface area contributed by atoms with Gasteiger partial charge in [0.05, 0.1) is 11.8 Å². The van der Waals surface area contributed by atoms with Gasteiger partial charge in [0.25, 0.3) is 0 Å². The van der Waals surface area contributed by atoms with E-state index in [-0.39, 0.29) is 6.10 Å². The van der Waals surface area contributed by atoms with Crippen LogP contribution in [0.4, 0.5) is 0 Å². The zero-order chi connectivity index (χ0) is 14.8. The molecule has 0 aromatic carbocycles. The quantitative estimate of drug-likeness (QED) is 0.941. The van der Waals surface area contributed by atoms with Crippen molar-refractivity contribution in [1.82, 2.24) is 15.1 Å². The molecule has 1 aliphatic rings. The Bertz CT molecular complexity index is 670. The van der Waals surface area contributed by atoms with Crippen LogP contribution in [-0.2, 0) is 18.3 Å². The van der Waals surface area contributed by atoms with Crippen molar-refractivity contribution in [2.24, 2.45) is 7.05 Å². The molecule has 110 valence electrons. The van der Waals surface area contributed by atoms with Gasteiger partial charge in [0.1, 0.15) is 12.2 Å². The molecule has 3 rings (SSSR count). The molecule has 3 heterocycles. The van der Waals surface area contributed by atoms with E-state index in [0.717, 1.165) is 36.4 Å². The lowest BCUT2D eigenvalue weighted by molar-refractivity contribution is 0.0979. The Morgan fingerprint density at radius 3 is 3.14 bits per heavy atom. The van der Waals surface area contributed by atoms with Crippen LogP contribution in [0.5, 0.6) is 0 Å². The maximum Gasteiger partial charge on any atom is 0.101 e. The molecule has 2 aromatic rings. The molecule has 0 radical (unpaired) electrons. The first-order valence-corrected chi connectivity index (χ1v) is 7.88. The van der Waals surface area contributed by atoms with E-state index < -0.39 is 0 Å². The highest BCUT2D eigenvalue weighted by Gasteiger charge is 2.31. The summed E-state index contributed by atoms with van der Waals surface area (Å²) in [4.78, 5) is 1.18. The molecular formula is C15H18N4OS. The Hall–Kier alpha value is -1.68. The Kier molecular flexibility index (Phi) is 4.06. The fourth-order valence-electron chi connectivity index (χ4n) is 2.66. The first-order valence-electron chi connectivity index (χ1n) is 7.00. The van der Waals surface area contributed by atoms with Gasteiger partial charge < -0.3 is 10.1 Å². The molecule has 0 bridgehead atoms. The summed E-state index contributed by atoms with van der Waals surface area (Å²) < 4.78 is 7.78. The summed E-state index contributed by atoms with van der Waals surface area (Å²) in [5.41, 5.74) is 3.05. The van der Waals surface area contributed by atoms with Gasteiger partial charge in [-0.05, 0) is 19.4 Å². The highest BCUT2D eigenvalue weighted by Crippen LogP contribution is 2.31. The minimum absolute atomic E-state index is 0.0640. The average molecular weight is 302 g/mol. The summed E-state index contributed by atoms with van der Waals surface area (Å²) >= 11 is 1.62. The van der Waals surface area contributed by atoms with Gasteiger partial charge in [-0.2, -0.15) is 10.4 Å². The van der Waals surface area contributed by atoms with E-state index >= 15 is 0 Å². The normalized spacial score (nSPS) is 21.6. The fourth-order valence-corrected chi connectivity index (χ4v) is 3.42. The summed E-state index contributed by atoms with van der Waals surface area (Å²) in [5.74, 6) is 0. The molecule has 1 fully saturated rings. The predicted molar refractivity (Wildman–Crippen MR) is 80.9 cm³/mol. The van der Waals surface area contributed by atoms with Crippen molar-refractivity contribution in [1.29, 1.82) is 5.26 Å². The maximum atomic E-state index is 8.86. The molecular weight excluding hydrogens is 284 g/mol. The molecule has 21 heavy (non-hydrogen) atoms. The third-order valence-corrected chi connectivity index (χ3v) is 4.93. The third-order valence-electron chi connectivity index (χ3n) is 3.99. The number of nitrogens with zero attached hydrogens (tertiary/aromatic N) is 3. The summed E-state index contributed by atoms with van der Waals surface area (Å²) in [6.07, 6.45) is 2.96. The number of thiophene rings is 1. The zero-order valence-corrected chi connectivity index (χ0v) is 13.0. The summed E-state index contributed by atoms with van der Waals surface area (Å²) in [7, 11) is 1.95. The Morgan fingerprint density at radius 2 is 2.48 bits per heavy atom. The first kappa shape index (κ1) is 14.3. The van der Waals surface area contributed by atoms with Crippen LogP contribution in [0.2, 0.25) is 0 Å². The van der Waals surface area contributed by atoms with Crippen LogP contribution in [0.3, 0.4) is 0 Å². The SMILES string of the molecule is Cc1c([C@H]2OCC[C@@H]2NCc2cc(C#N)cs2)cnn1C. The van der Waals surface area contributed by atoms with Gasteiger partial charge in [0.2, 0.25) is 0 Å². The highest BCUT2D eigenvalue weighted by molar-refractivity contribution is 7.10. The summed E-state index contributed by atoms with van der Waals surface area (Å²) in [5, 5.41) is 18.6. The maximum absolute atomic E-state index is 8.86. The number of rotatable bonds is 4. The number of hydrogen-bond donors (Lipinski definition) is 1. The highest BCUT2D eigenvalue weighted by atomic mass is 32.1. The minimum Gasteiger partial charge on any atom is -0.372 e. The van der Waals surface area contributed by atoms with E-state index in [2.05, 4.69) is 23.4 Å². The summed E-state index contributed by atoms with van der Waals surface area (Å²) in [6.45, 7) is 3.61. The van der Waals surface area contributed by atoms with Crippen LogP contribution in [0.25, 0.3) is 0 Å². The lowest BCUT2D eigenvalue weighted by Gasteiger charge is -2.19. The van der Waals surface area contributed by atoms with Gasteiger partial charge in [-0.3, -0.25) is 4.68 Å². The minimum atomic E-state index is 0.0640. The lowest BCUT2D eigenvalue weighted by atomic mass is 10.0. The van der Waals surface area contributed by atoms with Gasteiger partial charge in [0, 0.05) is 47.8 Å². The standard InChI is InChI=1S/C15H18N4OS/c1-10-13(8-18-19(10)2)15-14(3-4-20-15)17-7-12-5-11(6-16)9-21-12/h5,8-9,14-15,17H,3-4,7H2,1-2H3/t14-,15+/m0/s1. The van der Waals surface area contributed by atoms with Crippen LogP contribution in [0, 0.1) is 18.3 Å². The second-order valence-electron chi connectivity index (χ2n) is 5.29. The average Bonchev–Trinajstić information content (AvgIpc) is 3.19. The number of ether oxygens (including phenoxy) is 1. The number of nitriles is 1. The monoisotopic (exact) mass is 302 g/mol. The van der Waals surface area contributed by atoms with Gasteiger partial charge in [-0.1, -0.05) is 0 Å². The Balaban J connectivity index is 1.67. The van der Waals surface area contributed by atoms with Crippen molar-refractivity contribution < 1.29 is 4.74 Å². The largest absolute Gasteiger partial charge is 0.372 e. The van der Waals surface area contributed by atoms with E-state index in [0.29, 0.717) is 6.04 Å². The van der Waals surface area contributed by atoms with E-state index in [1.54, 1.807) is 11.3 Å². The second kappa shape index (κ2) is 5.98. The van der Waals surface area contributed by atoms with Crippen molar-refractivity contribution in [3.8, 4) is 6.07 Å². The van der Waals surface area contributed by atoms with E-state index in [1.165, 1.54) is 4.88 Å². The van der Waals surface area contributed by atoms with Crippen LogP contribution in [0.15, 0.2) is 17.6 Å². The van der Waals surface area contributed by atoms with Crippen molar-refractivity contribution in [2.75, 3.05) is 6.61 Å². The Morgan fingerprint density at radius 1 is 1.62 bits per heavy atom. The number of nitrogens with one attached hydrogen (secondary N) is 1. The van der Waals surface area contributed by atoms with Crippen molar-refractivity contribution in [3.63, 3.8) is 0 Å². The summed E-state index contributed by atoms with van der Waals surface area (Å²) in [6, 6.07) is 4.40. The molecule has 5 nitrogen and oxygen atoms in total. The molecule has 0 spiro atoms. The second-order valence-corrected chi connectivity index (χ2v) is 6.29. The number of aromatic nitrogens is 2. The van der Waals surface area contributed by atoms with Crippen molar-refractivity contribution in [2.45, 2.75) is 32.0 Å². The molecule has 1 aliphatic heterocycles. The van der Waals surface area contributed by atoms with Crippen molar-refractivity contribution in [3.05, 3.63) is 39.3 Å². The fraction of sp³-hybridized carbons (Fsp3) is 0.467.